The zero-order chi connectivity index (χ0) is 18.4. The molecule has 0 spiro atoms. The van der Waals surface area contributed by atoms with E-state index in [1.165, 1.54) is 18.2 Å². The Morgan fingerprint density at radius 3 is 2.52 bits per heavy atom. The third kappa shape index (κ3) is 5.81. The van der Waals surface area contributed by atoms with Crippen LogP contribution in [0, 0.1) is 17.7 Å². The van der Waals surface area contributed by atoms with Crippen molar-refractivity contribution in [3.05, 3.63) is 24.0 Å². The predicted octanol–water partition coefficient (Wildman–Crippen LogP) is 3.66. The van der Waals surface area contributed by atoms with Gasteiger partial charge in [0.1, 0.15) is 5.82 Å². The van der Waals surface area contributed by atoms with Gasteiger partial charge in [0, 0.05) is 11.6 Å². The molecule has 0 bridgehead atoms. The van der Waals surface area contributed by atoms with Gasteiger partial charge in [0.15, 0.2) is 0 Å². The molecule has 138 valence electrons. The van der Waals surface area contributed by atoms with Gasteiger partial charge >= 0.3 is 0 Å². The molecule has 1 aromatic carbocycles. The smallest absolute Gasteiger partial charge is 0.241 e. The van der Waals surface area contributed by atoms with Crippen LogP contribution < -0.4 is 16.4 Å². The summed E-state index contributed by atoms with van der Waals surface area (Å²) in [5, 5.41) is 5.34. The number of hydrogen-bond donors (Lipinski definition) is 3. The second-order valence-electron chi connectivity index (χ2n) is 7.24. The molecule has 2 amide bonds. The first kappa shape index (κ1) is 19.4. The number of halogens is 1. The lowest BCUT2D eigenvalue weighted by Crippen LogP contribution is -2.36. The lowest BCUT2D eigenvalue weighted by atomic mass is 9.88. The molecular formula is C19H28FN3O2. The van der Waals surface area contributed by atoms with Crippen molar-refractivity contribution >= 4 is 23.2 Å². The fourth-order valence-electron chi connectivity index (χ4n) is 3.15. The van der Waals surface area contributed by atoms with Gasteiger partial charge in [0.2, 0.25) is 11.8 Å². The largest absolute Gasteiger partial charge is 0.325 e. The Kier molecular flexibility index (Phi) is 6.93. The van der Waals surface area contributed by atoms with Crippen molar-refractivity contribution in [2.75, 3.05) is 10.6 Å². The third-order valence-electron chi connectivity index (χ3n) is 4.53. The Hall–Kier alpha value is -1.95. The number of amides is 2. The van der Waals surface area contributed by atoms with Gasteiger partial charge in [-0.3, -0.25) is 9.59 Å². The second kappa shape index (κ2) is 8.94. The van der Waals surface area contributed by atoms with Crippen LogP contribution in [0.1, 0.15) is 52.4 Å². The van der Waals surface area contributed by atoms with Crippen molar-refractivity contribution in [1.29, 1.82) is 0 Å². The minimum Gasteiger partial charge on any atom is -0.325 e. The van der Waals surface area contributed by atoms with Crippen LogP contribution >= 0.6 is 0 Å². The Morgan fingerprint density at radius 1 is 1.20 bits per heavy atom. The van der Waals surface area contributed by atoms with Crippen molar-refractivity contribution in [2.45, 2.75) is 58.4 Å². The topological polar surface area (TPSA) is 84.2 Å². The quantitative estimate of drug-likeness (QED) is 0.733. The minimum absolute atomic E-state index is 0.0640. The summed E-state index contributed by atoms with van der Waals surface area (Å²) >= 11 is 0. The van der Waals surface area contributed by atoms with Crippen molar-refractivity contribution in [3.8, 4) is 0 Å². The highest BCUT2D eigenvalue weighted by Gasteiger charge is 2.22. The van der Waals surface area contributed by atoms with E-state index >= 15 is 0 Å². The first-order valence-corrected chi connectivity index (χ1v) is 9.03. The van der Waals surface area contributed by atoms with E-state index in [9.17, 15) is 14.0 Å². The number of anilines is 2. The van der Waals surface area contributed by atoms with E-state index in [1.54, 1.807) is 0 Å². The molecule has 0 aromatic heterocycles. The molecule has 0 aliphatic heterocycles. The molecule has 1 aromatic rings. The Morgan fingerprint density at radius 2 is 1.88 bits per heavy atom. The van der Waals surface area contributed by atoms with Gasteiger partial charge in [-0.15, -0.1) is 0 Å². The monoisotopic (exact) mass is 349 g/mol. The molecule has 1 fully saturated rings. The van der Waals surface area contributed by atoms with Crippen LogP contribution in [0.3, 0.4) is 0 Å². The fraction of sp³-hybridized carbons (Fsp3) is 0.579. The number of benzene rings is 1. The van der Waals surface area contributed by atoms with Crippen LogP contribution in [0.5, 0.6) is 0 Å². The van der Waals surface area contributed by atoms with Gasteiger partial charge in [-0.1, -0.05) is 33.1 Å². The third-order valence-corrected chi connectivity index (χ3v) is 4.53. The maximum Gasteiger partial charge on any atom is 0.241 e. The summed E-state index contributed by atoms with van der Waals surface area (Å²) in [5.41, 5.74) is 6.37. The molecule has 1 aliphatic rings. The van der Waals surface area contributed by atoms with Crippen LogP contribution in [-0.2, 0) is 9.59 Å². The molecule has 0 saturated heterocycles. The van der Waals surface area contributed by atoms with E-state index in [2.05, 4.69) is 10.6 Å². The van der Waals surface area contributed by atoms with Crippen LogP contribution in [0.2, 0.25) is 0 Å². The molecule has 4 N–H and O–H groups in total. The average molecular weight is 349 g/mol. The summed E-state index contributed by atoms with van der Waals surface area (Å²) in [6.45, 7) is 3.98. The number of carbonyl (C=O) groups excluding carboxylic acids is 2. The average Bonchev–Trinajstić information content (AvgIpc) is 2.58. The summed E-state index contributed by atoms with van der Waals surface area (Å²) in [6.07, 6.45) is 5.46. The molecule has 5 nitrogen and oxygen atoms in total. The van der Waals surface area contributed by atoms with E-state index in [0.717, 1.165) is 32.1 Å². The predicted molar refractivity (Wildman–Crippen MR) is 97.7 cm³/mol. The fourth-order valence-corrected chi connectivity index (χ4v) is 3.15. The standard InChI is InChI=1S/C19H28FN3O2/c1-12(2)10-16(21)19(25)22-14-8-9-15(20)17(11-14)23-18(24)13-6-4-3-5-7-13/h8-9,11-13,16H,3-7,10,21H2,1-2H3,(H,22,25)(H,23,24)/t16-/m0/s1. The molecule has 6 heteroatoms. The van der Waals surface area contributed by atoms with Gasteiger partial charge < -0.3 is 16.4 Å². The maximum atomic E-state index is 14.0. The summed E-state index contributed by atoms with van der Waals surface area (Å²) < 4.78 is 14.0. The van der Waals surface area contributed by atoms with E-state index in [0.29, 0.717) is 18.0 Å². The molecule has 25 heavy (non-hydrogen) atoms. The van der Waals surface area contributed by atoms with Gasteiger partial charge in [0.05, 0.1) is 11.7 Å². The van der Waals surface area contributed by atoms with Crippen molar-refractivity contribution in [1.82, 2.24) is 0 Å². The Labute approximate surface area is 148 Å². The van der Waals surface area contributed by atoms with E-state index in [1.807, 2.05) is 13.8 Å². The van der Waals surface area contributed by atoms with Gasteiger partial charge in [-0.2, -0.15) is 0 Å². The lowest BCUT2D eigenvalue weighted by molar-refractivity contribution is -0.120. The van der Waals surface area contributed by atoms with Crippen molar-refractivity contribution < 1.29 is 14.0 Å². The molecule has 1 aliphatic carbocycles. The summed E-state index contributed by atoms with van der Waals surface area (Å²) in [7, 11) is 0. The highest BCUT2D eigenvalue weighted by Crippen LogP contribution is 2.26. The van der Waals surface area contributed by atoms with Gasteiger partial charge in [0.25, 0.3) is 0 Å². The van der Waals surface area contributed by atoms with Crippen LogP contribution in [-0.4, -0.2) is 17.9 Å². The summed E-state index contributed by atoms with van der Waals surface area (Å²) in [5.74, 6) is -0.748. The molecule has 0 radical (unpaired) electrons. The Balaban J connectivity index is 2.01. The van der Waals surface area contributed by atoms with Crippen LogP contribution in [0.25, 0.3) is 0 Å². The molecule has 1 saturated carbocycles. The summed E-state index contributed by atoms with van der Waals surface area (Å²) in [4.78, 5) is 24.4. The normalized spacial score (nSPS) is 16.5. The summed E-state index contributed by atoms with van der Waals surface area (Å²) in [6, 6.07) is 3.52. The highest BCUT2D eigenvalue weighted by atomic mass is 19.1. The maximum absolute atomic E-state index is 14.0. The number of hydrogen-bond acceptors (Lipinski definition) is 3. The number of carbonyl (C=O) groups is 2. The highest BCUT2D eigenvalue weighted by molar-refractivity contribution is 5.97. The van der Waals surface area contributed by atoms with E-state index < -0.39 is 11.9 Å². The molecular weight excluding hydrogens is 321 g/mol. The Bertz CT molecular complexity index is 613. The van der Waals surface area contributed by atoms with E-state index in [4.69, 9.17) is 5.73 Å². The molecule has 2 rings (SSSR count). The SMILES string of the molecule is CC(C)C[C@H](N)C(=O)Nc1ccc(F)c(NC(=O)C2CCCCC2)c1. The first-order valence-electron chi connectivity index (χ1n) is 9.03. The number of nitrogens with two attached hydrogens (primary N) is 1. The van der Waals surface area contributed by atoms with Crippen molar-refractivity contribution in [2.24, 2.45) is 17.6 Å². The second-order valence-corrected chi connectivity index (χ2v) is 7.24. The minimum atomic E-state index is -0.620. The van der Waals surface area contributed by atoms with Crippen LogP contribution in [0.15, 0.2) is 18.2 Å². The zero-order valence-electron chi connectivity index (χ0n) is 15.0. The zero-order valence-corrected chi connectivity index (χ0v) is 15.0. The van der Waals surface area contributed by atoms with Crippen LogP contribution in [0.4, 0.5) is 15.8 Å². The number of rotatable bonds is 6. The van der Waals surface area contributed by atoms with Crippen molar-refractivity contribution in [3.63, 3.8) is 0 Å². The van der Waals surface area contributed by atoms with Gasteiger partial charge in [-0.05, 0) is 43.4 Å². The lowest BCUT2D eigenvalue weighted by Gasteiger charge is -2.21. The van der Waals surface area contributed by atoms with E-state index in [-0.39, 0.29) is 23.4 Å². The number of nitrogens with one attached hydrogen (secondary N) is 2. The first-order chi connectivity index (χ1) is 11.9. The molecule has 1 atom stereocenters. The molecule has 0 unspecified atom stereocenters. The molecule has 0 heterocycles. The van der Waals surface area contributed by atoms with Gasteiger partial charge in [-0.25, -0.2) is 4.39 Å².